The minimum Gasteiger partial charge on any atom is -0.480 e. The number of carbonyl (C=O) groups is 5. The number of carboxylic acids is 1. The molecule has 0 radical (unpaired) electrons. The summed E-state index contributed by atoms with van der Waals surface area (Å²) < 4.78 is -0.750. The summed E-state index contributed by atoms with van der Waals surface area (Å²) in [7, 11) is 0. The smallest absolute Gasteiger partial charge is 0.327 e. The molecule has 0 spiro atoms. The molecule has 39 heavy (non-hydrogen) atoms. The summed E-state index contributed by atoms with van der Waals surface area (Å²) in [4.78, 5) is 64.9. The van der Waals surface area contributed by atoms with Crippen molar-refractivity contribution >= 4 is 57.8 Å². The first kappa shape index (κ1) is 26.2. The van der Waals surface area contributed by atoms with Gasteiger partial charge in [-0.3, -0.25) is 19.2 Å². The van der Waals surface area contributed by atoms with Gasteiger partial charge in [-0.2, -0.15) is 0 Å². The Labute approximate surface area is 228 Å². The number of hydrogen-bond donors (Lipinski definition) is 4. The zero-order chi connectivity index (χ0) is 27.9. The van der Waals surface area contributed by atoms with Crippen LogP contribution in [0.15, 0.2) is 72.8 Å². The summed E-state index contributed by atoms with van der Waals surface area (Å²) in [6, 6.07) is 17.9. The van der Waals surface area contributed by atoms with Crippen molar-refractivity contribution < 1.29 is 29.1 Å². The van der Waals surface area contributed by atoms with Gasteiger partial charge >= 0.3 is 17.8 Å². The molecule has 0 aromatic heterocycles. The molecule has 200 valence electrons. The van der Waals surface area contributed by atoms with Crippen molar-refractivity contribution in [1.29, 1.82) is 0 Å². The highest BCUT2D eigenvalue weighted by atomic mass is 32.2. The topological polar surface area (TPSA) is 145 Å². The van der Waals surface area contributed by atoms with Gasteiger partial charge in [0.15, 0.2) is 0 Å². The molecule has 0 saturated carbocycles. The number of β-lactam (4-membered cyclic amide) rings is 1. The van der Waals surface area contributed by atoms with Crippen LogP contribution in [0.4, 0.5) is 5.69 Å². The number of anilines is 1. The van der Waals surface area contributed by atoms with Crippen LogP contribution >= 0.6 is 11.8 Å². The lowest BCUT2D eigenvalue weighted by atomic mass is 9.95. The maximum Gasteiger partial charge on any atom is 0.327 e. The summed E-state index contributed by atoms with van der Waals surface area (Å²) in [5.41, 5.74) is 0.830. The third-order valence-corrected chi connectivity index (χ3v) is 8.43. The zero-order valence-corrected chi connectivity index (χ0v) is 21.9. The quantitative estimate of drug-likeness (QED) is 0.274. The third-order valence-electron chi connectivity index (χ3n) is 6.86. The van der Waals surface area contributed by atoms with E-state index in [1.807, 2.05) is 30.3 Å². The van der Waals surface area contributed by atoms with E-state index in [4.69, 9.17) is 0 Å². The fourth-order valence-corrected chi connectivity index (χ4v) is 6.60. The predicted octanol–water partition coefficient (Wildman–Crippen LogP) is 2.27. The Balaban J connectivity index is 1.30. The number of carboxylic acid groups (broad SMARTS) is 1. The third kappa shape index (κ3) is 4.92. The van der Waals surface area contributed by atoms with Crippen LogP contribution in [-0.2, 0) is 24.0 Å². The molecule has 4 atom stereocenters. The molecule has 4 N–H and O–H groups in total. The average Bonchev–Trinajstić information content (AvgIpc) is 3.18. The number of rotatable bonds is 6. The van der Waals surface area contributed by atoms with E-state index in [1.165, 1.54) is 16.7 Å². The second-order valence-electron chi connectivity index (χ2n) is 9.92. The Morgan fingerprint density at radius 2 is 1.59 bits per heavy atom. The lowest BCUT2D eigenvalue weighted by molar-refractivity contribution is -0.161. The van der Waals surface area contributed by atoms with Gasteiger partial charge in [0, 0.05) is 10.4 Å². The fourth-order valence-electron chi connectivity index (χ4n) is 4.98. The molecule has 2 aliphatic rings. The van der Waals surface area contributed by atoms with Gasteiger partial charge in [-0.15, -0.1) is 11.8 Å². The van der Waals surface area contributed by atoms with Crippen LogP contribution in [0.3, 0.4) is 0 Å². The number of amides is 4. The van der Waals surface area contributed by atoms with Gasteiger partial charge in [0.2, 0.25) is 11.8 Å². The lowest BCUT2D eigenvalue weighted by Gasteiger charge is -2.44. The summed E-state index contributed by atoms with van der Waals surface area (Å²) in [6.45, 7) is 3.48. The monoisotopic (exact) mass is 546 g/mol. The lowest BCUT2D eigenvalue weighted by Crippen LogP contribution is -2.71. The molecule has 3 aromatic carbocycles. The number of benzene rings is 3. The van der Waals surface area contributed by atoms with Crippen LogP contribution in [0, 0.1) is 0 Å². The second-order valence-corrected chi connectivity index (χ2v) is 11.7. The van der Waals surface area contributed by atoms with E-state index in [0.29, 0.717) is 11.3 Å². The number of carbonyl (C=O) groups excluding carboxylic acids is 4. The molecular formula is C28H26N4O6S. The van der Waals surface area contributed by atoms with E-state index < -0.39 is 57.8 Å². The van der Waals surface area contributed by atoms with E-state index in [-0.39, 0.29) is 0 Å². The largest absolute Gasteiger partial charge is 0.480 e. The Bertz CT molecular complexity index is 1490. The maximum atomic E-state index is 13.4. The van der Waals surface area contributed by atoms with Crippen LogP contribution in [-0.4, -0.2) is 61.8 Å². The molecule has 2 aliphatic heterocycles. The van der Waals surface area contributed by atoms with Gasteiger partial charge < -0.3 is 26.0 Å². The molecule has 2 heterocycles. The van der Waals surface area contributed by atoms with E-state index in [1.54, 1.807) is 56.3 Å². The molecule has 11 heteroatoms. The highest BCUT2D eigenvalue weighted by Crippen LogP contribution is 2.50. The molecule has 5 rings (SSSR count). The van der Waals surface area contributed by atoms with Crippen LogP contribution < -0.4 is 16.0 Å². The van der Waals surface area contributed by atoms with Gasteiger partial charge in [-0.1, -0.05) is 60.7 Å². The number of fused-ring (bicyclic) bond motifs is 2. The normalized spacial score (nSPS) is 21.8. The van der Waals surface area contributed by atoms with Gasteiger partial charge in [-0.25, -0.2) is 4.79 Å². The molecule has 3 aromatic rings. The minimum absolute atomic E-state index is 0.410. The van der Waals surface area contributed by atoms with Crippen molar-refractivity contribution in [1.82, 2.24) is 15.5 Å². The second kappa shape index (κ2) is 10.1. The van der Waals surface area contributed by atoms with Crippen LogP contribution in [0.2, 0.25) is 0 Å². The average molecular weight is 547 g/mol. The number of thioether (sulfide) groups is 1. The first-order valence-corrected chi connectivity index (χ1v) is 13.1. The van der Waals surface area contributed by atoms with Crippen molar-refractivity contribution in [3.05, 3.63) is 78.4 Å². The molecule has 10 nitrogen and oxygen atoms in total. The number of nitrogens with zero attached hydrogens (tertiary/aromatic N) is 1. The zero-order valence-electron chi connectivity index (χ0n) is 21.1. The van der Waals surface area contributed by atoms with Crippen LogP contribution in [0.1, 0.15) is 25.5 Å². The maximum absolute atomic E-state index is 13.4. The van der Waals surface area contributed by atoms with Crippen molar-refractivity contribution in [3.8, 4) is 0 Å². The molecular weight excluding hydrogens is 520 g/mol. The van der Waals surface area contributed by atoms with Crippen molar-refractivity contribution in [2.45, 2.75) is 42.1 Å². The summed E-state index contributed by atoms with van der Waals surface area (Å²) in [5, 5.41) is 18.6. The molecule has 0 aliphatic carbocycles. The Kier molecular flexibility index (Phi) is 6.77. The van der Waals surface area contributed by atoms with Gasteiger partial charge in [0.05, 0.1) is 0 Å². The Hall–Kier alpha value is -4.38. The Morgan fingerprint density at radius 1 is 0.923 bits per heavy atom. The van der Waals surface area contributed by atoms with Crippen LogP contribution in [0.5, 0.6) is 0 Å². The minimum atomic E-state index is -1.27. The molecule has 4 amide bonds. The van der Waals surface area contributed by atoms with E-state index in [0.717, 1.165) is 10.8 Å². The molecule has 1 unspecified atom stereocenters. The molecule has 2 saturated heterocycles. The summed E-state index contributed by atoms with van der Waals surface area (Å²) >= 11 is 1.29. The summed E-state index contributed by atoms with van der Waals surface area (Å²) in [5.74, 6) is -4.30. The number of aliphatic carboxylic acids is 1. The Morgan fingerprint density at radius 3 is 2.28 bits per heavy atom. The van der Waals surface area contributed by atoms with Gasteiger partial charge in [0.25, 0.3) is 0 Å². The number of nitrogens with one attached hydrogen (secondary N) is 3. The highest BCUT2D eigenvalue weighted by Gasteiger charge is 2.64. The van der Waals surface area contributed by atoms with Gasteiger partial charge in [0.1, 0.15) is 23.5 Å². The standard InChI is InChI=1S/C28H26N4O6S/c1-28(2)21(27(37)38)32-25(36)20(26(32)39-28)31-22(33)19(16-9-4-3-5-10-16)30-24(35)23(34)29-18-13-12-15-8-6-7-11-17(15)14-18/h3-14,19-21,26H,1-2H3,(H,29,34)(H,30,35)(H,31,33)(H,37,38)/t19?,20-,21+,26-/m1/s1. The van der Waals surface area contributed by atoms with Crippen molar-refractivity contribution in [3.63, 3.8) is 0 Å². The van der Waals surface area contributed by atoms with E-state index >= 15 is 0 Å². The first-order chi connectivity index (χ1) is 18.6. The highest BCUT2D eigenvalue weighted by molar-refractivity contribution is 8.01. The van der Waals surface area contributed by atoms with Crippen molar-refractivity contribution in [2.24, 2.45) is 0 Å². The van der Waals surface area contributed by atoms with E-state index in [9.17, 15) is 29.1 Å². The first-order valence-electron chi connectivity index (χ1n) is 12.3. The van der Waals surface area contributed by atoms with E-state index in [2.05, 4.69) is 16.0 Å². The predicted molar refractivity (Wildman–Crippen MR) is 146 cm³/mol. The van der Waals surface area contributed by atoms with Crippen LogP contribution in [0.25, 0.3) is 10.8 Å². The fraction of sp³-hybridized carbons (Fsp3) is 0.250. The molecule has 2 fully saturated rings. The van der Waals surface area contributed by atoms with Gasteiger partial charge in [-0.05, 0) is 42.3 Å². The molecule has 0 bridgehead atoms. The number of hydrogen-bond acceptors (Lipinski definition) is 6. The summed E-state index contributed by atoms with van der Waals surface area (Å²) in [6.07, 6.45) is 0. The SMILES string of the molecule is CC1(C)S[C@@H]2[C@H](NC(=O)C(NC(=O)C(=O)Nc3ccc4ccccc4c3)c3ccccc3)C(=O)N2[C@H]1C(=O)O. The van der Waals surface area contributed by atoms with Crippen molar-refractivity contribution in [2.75, 3.05) is 5.32 Å².